The molecule has 0 aliphatic heterocycles. The number of rotatable bonds is 4. The topological polar surface area (TPSA) is 35.5 Å². The molecule has 0 bridgehead atoms. The molecule has 5 heteroatoms. The van der Waals surface area contributed by atoms with E-state index < -0.39 is 0 Å². The Morgan fingerprint density at radius 3 is 2.93 bits per heavy atom. The fourth-order valence-electron chi connectivity index (χ4n) is 0.934. The summed E-state index contributed by atoms with van der Waals surface area (Å²) in [5, 5.41) is 0. The standard InChI is InChI=1S/C10H10BrFO3/c1-14-10(13)4-5-15-9-6-7(12)2-3-8(9)11/h2-3,6H,4-5H2,1H3. The van der Waals surface area contributed by atoms with Crippen LogP contribution in [0.3, 0.4) is 0 Å². The molecular weight excluding hydrogens is 267 g/mol. The van der Waals surface area contributed by atoms with Gasteiger partial charge in [0.05, 0.1) is 24.6 Å². The van der Waals surface area contributed by atoms with Gasteiger partial charge in [0, 0.05) is 6.07 Å². The van der Waals surface area contributed by atoms with E-state index >= 15 is 0 Å². The van der Waals surface area contributed by atoms with Crippen LogP contribution in [-0.2, 0) is 9.53 Å². The van der Waals surface area contributed by atoms with Crippen LogP contribution in [0.1, 0.15) is 6.42 Å². The quantitative estimate of drug-likeness (QED) is 0.793. The minimum absolute atomic E-state index is 0.138. The van der Waals surface area contributed by atoms with E-state index in [1.54, 1.807) is 6.07 Å². The van der Waals surface area contributed by atoms with Crippen LogP contribution in [0.25, 0.3) is 0 Å². The zero-order valence-corrected chi connectivity index (χ0v) is 9.71. The molecule has 82 valence electrons. The van der Waals surface area contributed by atoms with Gasteiger partial charge in [-0.25, -0.2) is 4.39 Å². The number of benzene rings is 1. The first kappa shape index (κ1) is 12.0. The lowest BCUT2D eigenvalue weighted by Crippen LogP contribution is -2.07. The highest BCUT2D eigenvalue weighted by Crippen LogP contribution is 2.25. The number of ether oxygens (including phenoxy) is 2. The zero-order chi connectivity index (χ0) is 11.3. The van der Waals surface area contributed by atoms with Crippen LogP contribution in [0.15, 0.2) is 22.7 Å². The van der Waals surface area contributed by atoms with Crippen molar-refractivity contribution in [3.63, 3.8) is 0 Å². The largest absolute Gasteiger partial charge is 0.492 e. The van der Waals surface area contributed by atoms with Gasteiger partial charge in [-0.3, -0.25) is 4.79 Å². The number of methoxy groups -OCH3 is 1. The van der Waals surface area contributed by atoms with Crippen LogP contribution in [-0.4, -0.2) is 19.7 Å². The van der Waals surface area contributed by atoms with Crippen molar-refractivity contribution in [1.29, 1.82) is 0 Å². The lowest BCUT2D eigenvalue weighted by atomic mass is 10.3. The van der Waals surface area contributed by atoms with Crippen LogP contribution in [0, 0.1) is 5.82 Å². The summed E-state index contributed by atoms with van der Waals surface area (Å²) in [4.78, 5) is 10.8. The molecule has 0 atom stereocenters. The molecule has 0 saturated carbocycles. The van der Waals surface area contributed by atoms with Crippen molar-refractivity contribution in [1.82, 2.24) is 0 Å². The first-order chi connectivity index (χ1) is 7.13. The molecule has 0 aliphatic rings. The molecule has 0 spiro atoms. The van der Waals surface area contributed by atoms with Crippen molar-refractivity contribution in [3.8, 4) is 5.75 Å². The van der Waals surface area contributed by atoms with E-state index in [0.717, 1.165) is 0 Å². The molecule has 1 aromatic carbocycles. The summed E-state index contributed by atoms with van der Waals surface area (Å²) in [5.41, 5.74) is 0. The minimum atomic E-state index is -0.383. The van der Waals surface area contributed by atoms with Crippen molar-refractivity contribution in [3.05, 3.63) is 28.5 Å². The van der Waals surface area contributed by atoms with Crippen LogP contribution < -0.4 is 4.74 Å². The summed E-state index contributed by atoms with van der Waals surface area (Å²) in [6.07, 6.45) is 0.138. The smallest absolute Gasteiger partial charge is 0.308 e. The fourth-order valence-corrected chi connectivity index (χ4v) is 1.30. The summed E-state index contributed by atoms with van der Waals surface area (Å²) >= 11 is 3.21. The fraction of sp³-hybridized carbons (Fsp3) is 0.300. The van der Waals surface area contributed by atoms with Crippen molar-refractivity contribution in [2.24, 2.45) is 0 Å². The Morgan fingerprint density at radius 2 is 2.27 bits per heavy atom. The summed E-state index contributed by atoms with van der Waals surface area (Å²) in [7, 11) is 1.31. The number of hydrogen-bond donors (Lipinski definition) is 0. The summed E-state index contributed by atoms with van der Waals surface area (Å²) in [6, 6.07) is 4.11. The third-order valence-corrected chi connectivity index (χ3v) is 2.34. The van der Waals surface area contributed by atoms with E-state index in [1.807, 2.05) is 0 Å². The maximum atomic E-state index is 12.8. The predicted molar refractivity (Wildman–Crippen MR) is 56.2 cm³/mol. The van der Waals surface area contributed by atoms with Gasteiger partial charge in [-0.15, -0.1) is 0 Å². The third kappa shape index (κ3) is 3.87. The highest BCUT2D eigenvalue weighted by atomic mass is 79.9. The van der Waals surface area contributed by atoms with E-state index in [2.05, 4.69) is 20.7 Å². The van der Waals surface area contributed by atoms with Crippen LogP contribution >= 0.6 is 15.9 Å². The number of carbonyl (C=O) groups is 1. The SMILES string of the molecule is COC(=O)CCOc1cc(F)ccc1Br. The Bertz CT molecular complexity index is 355. The molecule has 0 radical (unpaired) electrons. The Morgan fingerprint density at radius 1 is 1.53 bits per heavy atom. The van der Waals surface area contributed by atoms with Gasteiger partial charge < -0.3 is 9.47 Å². The first-order valence-electron chi connectivity index (χ1n) is 4.28. The summed E-state index contributed by atoms with van der Waals surface area (Å²) in [5.74, 6) is -0.368. The maximum Gasteiger partial charge on any atom is 0.308 e. The van der Waals surface area contributed by atoms with Gasteiger partial charge in [0.15, 0.2) is 0 Å². The Hall–Kier alpha value is -1.10. The summed E-state index contributed by atoms with van der Waals surface area (Å²) < 4.78 is 23.1. The van der Waals surface area contributed by atoms with E-state index in [-0.39, 0.29) is 24.8 Å². The average Bonchev–Trinajstić information content (AvgIpc) is 2.23. The predicted octanol–water partition coefficient (Wildman–Crippen LogP) is 2.53. The molecule has 0 heterocycles. The highest BCUT2D eigenvalue weighted by molar-refractivity contribution is 9.10. The molecule has 0 fully saturated rings. The number of esters is 1. The average molecular weight is 277 g/mol. The van der Waals surface area contributed by atoms with Crippen LogP contribution in [0.4, 0.5) is 4.39 Å². The lowest BCUT2D eigenvalue weighted by Gasteiger charge is -2.07. The first-order valence-corrected chi connectivity index (χ1v) is 5.07. The van der Waals surface area contributed by atoms with Gasteiger partial charge >= 0.3 is 5.97 Å². The normalized spacial score (nSPS) is 9.80. The second-order valence-electron chi connectivity index (χ2n) is 2.75. The summed E-state index contributed by atoms with van der Waals surface area (Å²) in [6.45, 7) is 0.161. The van der Waals surface area contributed by atoms with E-state index in [9.17, 15) is 9.18 Å². The molecule has 0 saturated heterocycles. The van der Waals surface area contributed by atoms with Crippen molar-refractivity contribution in [2.45, 2.75) is 6.42 Å². The molecular formula is C10H10BrFO3. The van der Waals surface area contributed by atoms with Crippen molar-refractivity contribution >= 4 is 21.9 Å². The van der Waals surface area contributed by atoms with E-state index in [4.69, 9.17) is 4.74 Å². The molecule has 0 aliphatic carbocycles. The second kappa shape index (κ2) is 5.70. The number of halogens is 2. The van der Waals surface area contributed by atoms with E-state index in [0.29, 0.717) is 10.2 Å². The number of carbonyl (C=O) groups excluding carboxylic acids is 1. The third-order valence-electron chi connectivity index (χ3n) is 1.68. The van der Waals surface area contributed by atoms with Gasteiger partial charge in [-0.05, 0) is 28.1 Å². The molecule has 0 unspecified atom stereocenters. The Labute approximate surface area is 95.3 Å². The minimum Gasteiger partial charge on any atom is -0.492 e. The molecule has 15 heavy (non-hydrogen) atoms. The molecule has 0 aromatic heterocycles. The monoisotopic (exact) mass is 276 g/mol. The molecule has 1 rings (SSSR count). The van der Waals surface area contributed by atoms with Gasteiger partial charge in [0.2, 0.25) is 0 Å². The molecule has 1 aromatic rings. The van der Waals surface area contributed by atoms with Gasteiger partial charge in [-0.1, -0.05) is 0 Å². The second-order valence-corrected chi connectivity index (χ2v) is 3.60. The number of hydrogen-bond acceptors (Lipinski definition) is 3. The Kier molecular flexibility index (Phi) is 4.55. The van der Waals surface area contributed by atoms with Crippen molar-refractivity contribution < 1.29 is 18.7 Å². The molecule has 0 N–H and O–H groups in total. The van der Waals surface area contributed by atoms with Crippen molar-refractivity contribution in [2.75, 3.05) is 13.7 Å². The van der Waals surface area contributed by atoms with Gasteiger partial charge in [-0.2, -0.15) is 0 Å². The Balaban J connectivity index is 2.50. The van der Waals surface area contributed by atoms with Crippen LogP contribution in [0.5, 0.6) is 5.75 Å². The highest BCUT2D eigenvalue weighted by Gasteiger charge is 2.05. The van der Waals surface area contributed by atoms with Gasteiger partial charge in [0.25, 0.3) is 0 Å². The molecule has 3 nitrogen and oxygen atoms in total. The van der Waals surface area contributed by atoms with E-state index in [1.165, 1.54) is 19.2 Å². The van der Waals surface area contributed by atoms with Crippen LogP contribution in [0.2, 0.25) is 0 Å². The maximum absolute atomic E-state index is 12.8. The zero-order valence-electron chi connectivity index (χ0n) is 8.13. The lowest BCUT2D eigenvalue weighted by molar-refractivity contribution is -0.141. The van der Waals surface area contributed by atoms with Gasteiger partial charge in [0.1, 0.15) is 11.6 Å². The molecule has 0 amide bonds.